The van der Waals surface area contributed by atoms with Crippen LogP contribution in [0.1, 0.15) is 56.0 Å². The average molecular weight is 561 g/mol. The molecular formula is C28H30F2N2O4S2. The van der Waals surface area contributed by atoms with E-state index in [4.69, 9.17) is 14.6 Å². The molecule has 0 fully saturated rings. The van der Waals surface area contributed by atoms with Crippen LogP contribution in [0.4, 0.5) is 14.5 Å². The molecule has 202 valence electrons. The zero-order chi connectivity index (χ0) is 27.4. The second-order valence-corrected chi connectivity index (χ2v) is 11.0. The number of ether oxygens (including phenoxy) is 2. The minimum Gasteiger partial charge on any atom is -0.495 e. The summed E-state index contributed by atoms with van der Waals surface area (Å²) in [5.74, 6) is -1.03. The van der Waals surface area contributed by atoms with Crippen LogP contribution in [0.25, 0.3) is 16.1 Å². The Hall–Kier alpha value is -3.11. The van der Waals surface area contributed by atoms with E-state index in [1.165, 1.54) is 18.4 Å². The van der Waals surface area contributed by atoms with Crippen molar-refractivity contribution >= 4 is 40.5 Å². The van der Waals surface area contributed by atoms with E-state index in [1.54, 1.807) is 11.4 Å². The van der Waals surface area contributed by atoms with Crippen molar-refractivity contribution in [3.63, 3.8) is 0 Å². The number of aromatic nitrogens is 1. The van der Waals surface area contributed by atoms with Gasteiger partial charge in [-0.3, -0.25) is 0 Å². The molecule has 2 aromatic carbocycles. The maximum atomic E-state index is 15.8. The predicted octanol–water partition coefficient (Wildman–Crippen LogP) is 8.15. The fraction of sp³-hybridized carbons (Fsp3) is 0.357. The molecule has 3 aromatic rings. The number of carboxylic acid groups (broad SMARTS) is 1. The van der Waals surface area contributed by atoms with Gasteiger partial charge < -0.3 is 19.3 Å². The highest BCUT2D eigenvalue weighted by atomic mass is 32.2. The Morgan fingerprint density at radius 1 is 1.29 bits per heavy atom. The summed E-state index contributed by atoms with van der Waals surface area (Å²) < 4.78 is 43.9. The highest BCUT2D eigenvalue weighted by Gasteiger charge is 2.24. The number of aromatic carboxylic acids is 1. The molecule has 0 spiro atoms. The summed E-state index contributed by atoms with van der Waals surface area (Å²) in [7, 11) is 1.37. The molecule has 0 saturated heterocycles. The summed E-state index contributed by atoms with van der Waals surface area (Å²) in [5, 5.41) is 11.9. The Kier molecular flexibility index (Phi) is 8.94. The highest BCUT2D eigenvalue weighted by Crippen LogP contribution is 2.42. The number of carbonyl (C=O) groups is 1. The second kappa shape index (κ2) is 12.2. The third-order valence-electron chi connectivity index (χ3n) is 6.62. The van der Waals surface area contributed by atoms with Crippen LogP contribution >= 0.6 is 23.3 Å². The summed E-state index contributed by atoms with van der Waals surface area (Å²) in [5.41, 5.74) is 2.03. The van der Waals surface area contributed by atoms with E-state index >= 15 is 4.39 Å². The molecule has 6 nitrogen and oxygen atoms in total. The van der Waals surface area contributed by atoms with E-state index in [9.17, 15) is 9.18 Å². The number of carboxylic acids is 1. The van der Waals surface area contributed by atoms with Crippen LogP contribution in [-0.4, -0.2) is 29.8 Å². The standard InChI is InChI=1S/C28H30F2N2O4S2/c1-5-36-26-18(17-8-6-16(7-9-17)15(2)3)10-11-19(25(26)30)27-31-24(14-37-27)38-32-22-13-21(29)20(28(33)34)12-23(22)35-4/h8,10-16,32H,5-7,9H2,1-4H3,(H,33,34). The molecule has 1 atom stereocenters. The molecule has 38 heavy (non-hydrogen) atoms. The van der Waals surface area contributed by atoms with E-state index in [1.807, 2.05) is 13.0 Å². The van der Waals surface area contributed by atoms with Crippen molar-refractivity contribution in [2.45, 2.75) is 45.1 Å². The van der Waals surface area contributed by atoms with Crippen molar-refractivity contribution in [3.05, 3.63) is 58.5 Å². The summed E-state index contributed by atoms with van der Waals surface area (Å²) in [4.78, 5) is 15.7. The van der Waals surface area contributed by atoms with Crippen LogP contribution in [0.2, 0.25) is 0 Å². The monoisotopic (exact) mass is 560 g/mol. The molecular weight excluding hydrogens is 530 g/mol. The second-order valence-electron chi connectivity index (χ2n) is 9.28. The molecule has 1 aliphatic carbocycles. The smallest absolute Gasteiger partial charge is 0.338 e. The first kappa shape index (κ1) is 27.9. The Labute approximate surface area is 229 Å². The molecule has 0 saturated carbocycles. The van der Waals surface area contributed by atoms with Gasteiger partial charge >= 0.3 is 5.97 Å². The number of nitrogens with one attached hydrogen (secondary N) is 1. The molecule has 1 unspecified atom stereocenters. The minimum absolute atomic E-state index is 0.173. The topological polar surface area (TPSA) is 80.7 Å². The SMILES string of the molecule is CCOc1c(C2=CCC(C(C)C)CC2)ccc(-c2nc(SNc3cc(F)c(C(=O)O)cc3OC)cs2)c1F. The van der Waals surface area contributed by atoms with Gasteiger partial charge in [-0.05, 0) is 55.7 Å². The molecule has 0 amide bonds. The number of hydrogen-bond donors (Lipinski definition) is 2. The molecule has 0 aliphatic heterocycles. The molecule has 4 rings (SSSR count). The first-order valence-electron chi connectivity index (χ1n) is 12.4. The van der Waals surface area contributed by atoms with E-state index in [-0.39, 0.29) is 17.2 Å². The third kappa shape index (κ3) is 5.96. The zero-order valence-corrected chi connectivity index (χ0v) is 23.3. The summed E-state index contributed by atoms with van der Waals surface area (Å²) in [6.45, 7) is 6.66. The Morgan fingerprint density at radius 3 is 2.68 bits per heavy atom. The molecule has 2 N–H and O–H groups in total. The zero-order valence-electron chi connectivity index (χ0n) is 21.6. The van der Waals surface area contributed by atoms with E-state index < -0.39 is 23.2 Å². The third-order valence-corrected chi connectivity index (χ3v) is 8.39. The van der Waals surface area contributed by atoms with Crippen LogP contribution in [0.3, 0.4) is 0 Å². The van der Waals surface area contributed by atoms with Crippen LogP contribution in [0.15, 0.2) is 40.7 Å². The lowest BCUT2D eigenvalue weighted by molar-refractivity contribution is 0.0691. The lowest BCUT2D eigenvalue weighted by Gasteiger charge is -2.26. The quantitative estimate of drug-likeness (QED) is 0.242. The van der Waals surface area contributed by atoms with Gasteiger partial charge in [-0.25, -0.2) is 18.6 Å². The van der Waals surface area contributed by atoms with Gasteiger partial charge in [0.2, 0.25) is 0 Å². The van der Waals surface area contributed by atoms with Crippen LogP contribution in [0.5, 0.6) is 11.5 Å². The van der Waals surface area contributed by atoms with E-state index in [0.717, 1.165) is 54.5 Å². The fourth-order valence-electron chi connectivity index (χ4n) is 4.47. The largest absolute Gasteiger partial charge is 0.495 e. The first-order valence-corrected chi connectivity index (χ1v) is 14.1. The van der Waals surface area contributed by atoms with Crippen LogP contribution < -0.4 is 14.2 Å². The molecule has 1 aliphatic rings. The number of methoxy groups -OCH3 is 1. The number of anilines is 1. The van der Waals surface area contributed by atoms with Crippen molar-refractivity contribution < 1.29 is 28.2 Å². The number of benzene rings is 2. The Balaban J connectivity index is 1.56. The van der Waals surface area contributed by atoms with Crippen LogP contribution in [-0.2, 0) is 0 Å². The normalized spacial score (nSPS) is 15.3. The summed E-state index contributed by atoms with van der Waals surface area (Å²) in [6, 6.07) is 5.82. The Bertz CT molecular complexity index is 1360. The summed E-state index contributed by atoms with van der Waals surface area (Å²) in [6.07, 6.45) is 5.17. The van der Waals surface area contributed by atoms with E-state index in [2.05, 4.69) is 29.6 Å². The lowest BCUT2D eigenvalue weighted by atomic mass is 9.80. The number of thiazole rings is 1. The van der Waals surface area contributed by atoms with Crippen molar-refractivity contribution in [2.24, 2.45) is 11.8 Å². The van der Waals surface area contributed by atoms with Gasteiger partial charge in [0.05, 0.1) is 30.5 Å². The number of allylic oxidation sites excluding steroid dienone is 2. The van der Waals surface area contributed by atoms with Crippen molar-refractivity contribution in [1.29, 1.82) is 0 Å². The maximum absolute atomic E-state index is 15.8. The van der Waals surface area contributed by atoms with Crippen molar-refractivity contribution in [1.82, 2.24) is 4.98 Å². The fourth-order valence-corrected chi connectivity index (χ4v) is 6.07. The van der Waals surface area contributed by atoms with Crippen LogP contribution in [0, 0.1) is 23.5 Å². The van der Waals surface area contributed by atoms with E-state index in [0.29, 0.717) is 34.0 Å². The van der Waals surface area contributed by atoms with Gasteiger partial charge in [0.1, 0.15) is 21.6 Å². The lowest BCUT2D eigenvalue weighted by Crippen LogP contribution is -2.12. The molecule has 0 bridgehead atoms. The van der Waals surface area contributed by atoms with Crippen molar-refractivity contribution in [3.8, 4) is 22.1 Å². The number of hydrogen-bond acceptors (Lipinski definition) is 7. The van der Waals surface area contributed by atoms with Gasteiger partial charge in [0, 0.05) is 29.0 Å². The number of nitrogens with zero attached hydrogens (tertiary/aromatic N) is 1. The predicted molar refractivity (Wildman–Crippen MR) is 148 cm³/mol. The summed E-state index contributed by atoms with van der Waals surface area (Å²) >= 11 is 2.36. The van der Waals surface area contributed by atoms with Gasteiger partial charge in [0.15, 0.2) is 11.6 Å². The van der Waals surface area contributed by atoms with Gasteiger partial charge in [-0.2, -0.15) is 0 Å². The molecule has 0 radical (unpaired) electrons. The average Bonchev–Trinajstić information content (AvgIpc) is 3.37. The molecule has 1 heterocycles. The first-order chi connectivity index (χ1) is 18.2. The number of halogens is 2. The van der Waals surface area contributed by atoms with Crippen molar-refractivity contribution in [2.75, 3.05) is 18.4 Å². The number of rotatable bonds is 10. The molecule has 10 heteroatoms. The van der Waals surface area contributed by atoms with Gasteiger partial charge in [0.25, 0.3) is 0 Å². The van der Waals surface area contributed by atoms with Gasteiger partial charge in [-0.1, -0.05) is 26.0 Å². The van der Waals surface area contributed by atoms with Gasteiger partial charge in [-0.15, -0.1) is 11.3 Å². The molecule has 1 aromatic heterocycles. The maximum Gasteiger partial charge on any atom is 0.338 e. The Morgan fingerprint density at radius 2 is 2.05 bits per heavy atom. The minimum atomic E-state index is -1.39. The highest BCUT2D eigenvalue weighted by molar-refractivity contribution is 8.00.